The number of hydrogen-bond donors (Lipinski definition) is 3. The number of rotatable bonds is 13. The van der Waals surface area contributed by atoms with Gasteiger partial charge in [-0.05, 0) is 45.2 Å². The van der Waals surface area contributed by atoms with E-state index in [1.165, 1.54) is 11.0 Å². The summed E-state index contributed by atoms with van der Waals surface area (Å²) in [5, 5.41) is 5.47. The monoisotopic (exact) mass is 775 g/mol. The van der Waals surface area contributed by atoms with E-state index < -0.39 is 74.2 Å². The molecule has 3 N–H and O–H groups in total. The number of likely N-dealkylation sites (tertiary alicyclic amines) is 1. The number of fused-ring (bicyclic) bond motifs is 1. The molecule has 1 aromatic heterocycles. The Bertz CT molecular complexity index is 2100. The topological polar surface area (TPSA) is 182 Å². The van der Waals surface area contributed by atoms with Crippen LogP contribution >= 0.6 is 0 Å². The third kappa shape index (κ3) is 8.56. The van der Waals surface area contributed by atoms with Crippen LogP contribution in [0.2, 0.25) is 0 Å². The van der Waals surface area contributed by atoms with Gasteiger partial charge >= 0.3 is 6.09 Å². The first-order valence-electron chi connectivity index (χ1n) is 18.4. The second kappa shape index (κ2) is 15.2. The van der Waals surface area contributed by atoms with Gasteiger partial charge in [0.15, 0.2) is 6.10 Å². The zero-order valence-electron chi connectivity index (χ0n) is 32.0. The Morgan fingerprint density at radius 3 is 2.36 bits per heavy atom. The van der Waals surface area contributed by atoms with Crippen molar-refractivity contribution in [1.82, 2.24) is 25.2 Å². The van der Waals surface area contributed by atoms with Gasteiger partial charge in [0.05, 0.1) is 30.1 Å². The van der Waals surface area contributed by atoms with E-state index in [1.807, 2.05) is 36.4 Å². The molecular formula is C40H49N5O9S. The van der Waals surface area contributed by atoms with Crippen LogP contribution in [0, 0.1) is 11.3 Å². The molecule has 15 heteroatoms. The van der Waals surface area contributed by atoms with Crippen molar-refractivity contribution in [2.45, 2.75) is 95.4 Å². The Morgan fingerprint density at radius 1 is 1.05 bits per heavy atom. The molecule has 3 fully saturated rings. The van der Waals surface area contributed by atoms with E-state index in [9.17, 15) is 27.6 Å². The van der Waals surface area contributed by atoms with E-state index in [0.717, 1.165) is 5.56 Å². The Labute approximate surface area is 321 Å². The molecule has 0 unspecified atom stereocenters. The zero-order valence-corrected chi connectivity index (χ0v) is 32.8. The number of alkyl carbamates (subject to hydrolysis) is 1. The van der Waals surface area contributed by atoms with Crippen LogP contribution < -0.4 is 24.8 Å². The highest BCUT2D eigenvalue weighted by Crippen LogP contribution is 2.46. The highest BCUT2D eigenvalue weighted by molar-refractivity contribution is 7.91. The minimum atomic E-state index is -3.91. The van der Waals surface area contributed by atoms with Crippen LogP contribution in [0.3, 0.4) is 0 Å². The SMILES string of the molecule is C=C[C@@H]1C[C@]1(NC(=O)[C@@H]1C[C@@H](Oc2cc(-c3ccccc3)nc3cc(OC)ccc23)CN1C(=O)[C@@H](OC(=O)NC(C)C)C(C)(C)C)C(=O)NS(=O)(=O)C1CC1. The van der Waals surface area contributed by atoms with Gasteiger partial charge in [-0.15, -0.1) is 6.58 Å². The second-order valence-corrected chi connectivity index (χ2v) is 17.8. The number of carbonyl (C=O) groups excluding carboxylic acids is 4. The smallest absolute Gasteiger partial charge is 0.408 e. The third-order valence-corrected chi connectivity index (χ3v) is 11.9. The predicted molar refractivity (Wildman–Crippen MR) is 206 cm³/mol. The number of pyridine rings is 1. The van der Waals surface area contributed by atoms with Crippen molar-refractivity contribution < 1.29 is 41.8 Å². The Kier molecular flexibility index (Phi) is 10.9. The van der Waals surface area contributed by atoms with Gasteiger partial charge in [-0.2, -0.15) is 0 Å². The number of carbonyl (C=O) groups is 4. The maximum absolute atomic E-state index is 14.5. The minimum Gasteiger partial charge on any atom is -0.497 e. The number of nitrogens with zero attached hydrogens (tertiary/aromatic N) is 2. The third-order valence-electron chi connectivity index (χ3n) is 10.1. The summed E-state index contributed by atoms with van der Waals surface area (Å²) in [4.78, 5) is 61.5. The maximum Gasteiger partial charge on any atom is 0.408 e. The summed E-state index contributed by atoms with van der Waals surface area (Å²) in [7, 11) is -2.35. The van der Waals surface area contributed by atoms with Gasteiger partial charge < -0.3 is 29.7 Å². The predicted octanol–water partition coefficient (Wildman–Crippen LogP) is 4.48. The molecule has 3 aromatic rings. The van der Waals surface area contributed by atoms with Gasteiger partial charge in [-0.3, -0.25) is 19.1 Å². The Morgan fingerprint density at radius 2 is 1.76 bits per heavy atom. The van der Waals surface area contributed by atoms with Crippen LogP contribution in [-0.4, -0.2) is 90.9 Å². The number of aromatic nitrogens is 1. The van der Waals surface area contributed by atoms with E-state index in [0.29, 0.717) is 40.9 Å². The largest absolute Gasteiger partial charge is 0.497 e. The van der Waals surface area contributed by atoms with Crippen LogP contribution in [0.1, 0.15) is 60.3 Å². The van der Waals surface area contributed by atoms with Crippen molar-refractivity contribution in [3.8, 4) is 22.8 Å². The molecule has 5 atom stereocenters. The van der Waals surface area contributed by atoms with Crippen LogP contribution in [-0.2, 0) is 29.1 Å². The molecule has 2 saturated carbocycles. The van der Waals surface area contributed by atoms with Crippen LogP contribution in [0.15, 0.2) is 67.3 Å². The summed E-state index contributed by atoms with van der Waals surface area (Å²) >= 11 is 0. The van der Waals surface area contributed by atoms with Gasteiger partial charge in [0.2, 0.25) is 15.9 Å². The summed E-state index contributed by atoms with van der Waals surface area (Å²) in [5.74, 6) is -1.64. The first kappa shape index (κ1) is 39.5. The molecule has 3 aliphatic rings. The zero-order chi connectivity index (χ0) is 39.9. The molecule has 6 rings (SSSR count). The molecule has 294 valence electrons. The lowest BCUT2D eigenvalue weighted by molar-refractivity contribution is -0.150. The highest BCUT2D eigenvalue weighted by Gasteiger charge is 2.62. The van der Waals surface area contributed by atoms with E-state index in [1.54, 1.807) is 59.9 Å². The Hall–Kier alpha value is -5.18. The van der Waals surface area contributed by atoms with E-state index in [-0.39, 0.29) is 25.4 Å². The van der Waals surface area contributed by atoms with E-state index in [4.69, 9.17) is 19.2 Å². The molecule has 4 amide bonds. The first-order valence-corrected chi connectivity index (χ1v) is 20.0. The fraction of sp³-hybridized carbons (Fsp3) is 0.475. The van der Waals surface area contributed by atoms with Crippen molar-refractivity contribution in [3.05, 3.63) is 67.3 Å². The fourth-order valence-electron chi connectivity index (χ4n) is 6.86. The van der Waals surface area contributed by atoms with Gasteiger partial charge in [-0.1, -0.05) is 57.2 Å². The molecule has 2 heterocycles. The average molecular weight is 776 g/mol. The lowest BCUT2D eigenvalue weighted by atomic mass is 9.88. The summed E-state index contributed by atoms with van der Waals surface area (Å²) < 4.78 is 45.5. The van der Waals surface area contributed by atoms with Gasteiger partial charge in [-0.25, -0.2) is 18.2 Å². The van der Waals surface area contributed by atoms with Gasteiger partial charge in [0, 0.05) is 46.9 Å². The van der Waals surface area contributed by atoms with Gasteiger partial charge in [0.1, 0.15) is 29.2 Å². The summed E-state index contributed by atoms with van der Waals surface area (Å²) in [5.41, 5.74) is -0.384. The maximum atomic E-state index is 14.5. The lowest BCUT2D eigenvalue weighted by Gasteiger charge is -2.34. The average Bonchev–Trinajstić information content (AvgIpc) is 4.06. The molecule has 1 saturated heterocycles. The summed E-state index contributed by atoms with van der Waals surface area (Å²) in [6.07, 6.45) is -0.297. The van der Waals surface area contributed by atoms with E-state index >= 15 is 0 Å². The number of methoxy groups -OCH3 is 1. The minimum absolute atomic E-state index is 0.00406. The highest BCUT2D eigenvalue weighted by atomic mass is 32.2. The fourth-order valence-corrected chi connectivity index (χ4v) is 8.22. The number of benzene rings is 2. The standard InChI is InChI=1S/C40H49N5O9S/c1-8-25-21-40(25,37(48)44-55(50,51)28-15-16-28)43-35(46)32-19-27(22-45(32)36(47)34(39(4,5)6)54-38(49)41-23(2)3)53-33-20-30(24-12-10-9-11-13-24)42-31-18-26(52-7)14-17-29(31)33/h8-14,17-18,20,23,25,27-28,32,34H,1,15-16,19,21-22H2,2-7H3,(H,41,49)(H,43,46)(H,44,48)/t25-,27-,32+,34-,40-/m1/s1. The molecular weight excluding hydrogens is 727 g/mol. The molecule has 55 heavy (non-hydrogen) atoms. The summed E-state index contributed by atoms with van der Waals surface area (Å²) in [6.45, 7) is 12.5. The molecule has 2 aromatic carbocycles. The van der Waals surface area contributed by atoms with Crippen LogP contribution in [0.25, 0.3) is 22.2 Å². The van der Waals surface area contributed by atoms with Crippen molar-refractivity contribution in [1.29, 1.82) is 0 Å². The van der Waals surface area contributed by atoms with E-state index in [2.05, 4.69) is 21.9 Å². The number of hydrogen-bond acceptors (Lipinski definition) is 10. The summed E-state index contributed by atoms with van der Waals surface area (Å²) in [6, 6.07) is 15.3. The van der Waals surface area contributed by atoms with Crippen molar-refractivity contribution in [3.63, 3.8) is 0 Å². The number of ether oxygens (including phenoxy) is 3. The lowest BCUT2D eigenvalue weighted by Crippen LogP contribution is -2.58. The van der Waals surface area contributed by atoms with Gasteiger partial charge in [0.25, 0.3) is 11.8 Å². The molecule has 0 spiro atoms. The molecule has 14 nitrogen and oxygen atoms in total. The molecule has 0 bridgehead atoms. The van der Waals surface area contributed by atoms with Crippen molar-refractivity contribution in [2.75, 3.05) is 13.7 Å². The molecule has 2 aliphatic carbocycles. The second-order valence-electron chi connectivity index (χ2n) is 15.9. The van der Waals surface area contributed by atoms with Crippen LogP contribution in [0.4, 0.5) is 4.79 Å². The number of sulfonamides is 1. The van der Waals surface area contributed by atoms with Crippen LogP contribution in [0.5, 0.6) is 11.5 Å². The van der Waals surface area contributed by atoms with Crippen molar-refractivity contribution >= 4 is 44.7 Å². The quantitative estimate of drug-likeness (QED) is 0.210. The molecule has 1 aliphatic heterocycles. The molecule has 0 radical (unpaired) electrons. The van der Waals surface area contributed by atoms with Crippen molar-refractivity contribution in [2.24, 2.45) is 11.3 Å². The Balaban J connectivity index is 1.34. The number of amides is 4. The number of nitrogens with one attached hydrogen (secondary N) is 3. The first-order chi connectivity index (χ1) is 25.9. The normalized spacial score (nSPS) is 22.7.